The van der Waals surface area contributed by atoms with Crippen molar-refractivity contribution in [3.05, 3.63) is 41.5 Å². The number of hydrogen-bond acceptors (Lipinski definition) is 4. The van der Waals surface area contributed by atoms with Gasteiger partial charge in [-0.3, -0.25) is 10.1 Å². The van der Waals surface area contributed by atoms with Crippen LogP contribution in [0.5, 0.6) is 0 Å². The maximum absolute atomic E-state index is 12.0. The molecule has 0 atom stereocenters. The highest BCUT2D eigenvalue weighted by Gasteiger charge is 2.17. The summed E-state index contributed by atoms with van der Waals surface area (Å²) in [6.45, 7) is 3.75. The molecule has 0 saturated heterocycles. The average molecular weight is 266 g/mol. The molecule has 0 fully saturated rings. The lowest BCUT2D eigenvalue weighted by Gasteiger charge is -2.05. The van der Waals surface area contributed by atoms with Crippen LogP contribution in [-0.2, 0) is 16.6 Å². The highest BCUT2D eigenvalue weighted by atomic mass is 32.2. The van der Waals surface area contributed by atoms with E-state index in [2.05, 4.69) is 19.9 Å². The second kappa shape index (κ2) is 4.87. The Morgan fingerprint density at radius 1 is 1.28 bits per heavy atom. The summed E-state index contributed by atoms with van der Waals surface area (Å²) in [6.07, 6.45) is 2.95. The molecule has 0 aliphatic carbocycles. The smallest absolute Gasteiger partial charge is 0.244 e. The molecular weight excluding hydrogens is 252 g/mol. The van der Waals surface area contributed by atoms with E-state index in [1.165, 1.54) is 6.20 Å². The summed E-state index contributed by atoms with van der Waals surface area (Å²) in [4.78, 5) is 4.28. The Morgan fingerprint density at radius 2 is 2.06 bits per heavy atom. The number of nitrogens with one attached hydrogen (secondary N) is 2. The monoisotopic (exact) mass is 266 g/mol. The molecule has 2 aromatic rings. The molecule has 2 heterocycles. The fourth-order valence-corrected chi connectivity index (χ4v) is 2.62. The first-order valence-corrected chi connectivity index (χ1v) is 6.88. The van der Waals surface area contributed by atoms with Crippen molar-refractivity contribution in [1.82, 2.24) is 19.9 Å². The molecule has 0 spiro atoms. The van der Waals surface area contributed by atoms with Crippen LogP contribution in [0, 0.1) is 13.8 Å². The molecule has 2 N–H and O–H groups in total. The normalized spacial score (nSPS) is 11.7. The van der Waals surface area contributed by atoms with Gasteiger partial charge in [0.05, 0.1) is 11.9 Å². The van der Waals surface area contributed by atoms with E-state index in [0.717, 1.165) is 11.3 Å². The minimum atomic E-state index is -3.53. The van der Waals surface area contributed by atoms with Gasteiger partial charge in [-0.1, -0.05) is 6.07 Å². The lowest BCUT2D eigenvalue weighted by atomic mass is 10.2. The van der Waals surface area contributed by atoms with E-state index < -0.39 is 10.0 Å². The van der Waals surface area contributed by atoms with Crippen molar-refractivity contribution in [2.45, 2.75) is 25.3 Å². The minimum Gasteiger partial charge on any atom is -0.281 e. The van der Waals surface area contributed by atoms with E-state index in [1.54, 1.807) is 13.1 Å². The Labute approximate surface area is 106 Å². The SMILES string of the molecule is Cc1ccc(CNS(=O)(=O)c2cn[nH]c2C)cn1. The molecule has 2 rings (SSSR count). The van der Waals surface area contributed by atoms with Gasteiger partial charge in [-0.15, -0.1) is 0 Å². The minimum absolute atomic E-state index is 0.169. The largest absolute Gasteiger partial charge is 0.281 e. The zero-order valence-electron chi connectivity index (χ0n) is 10.1. The summed E-state index contributed by atoms with van der Waals surface area (Å²) in [7, 11) is -3.53. The van der Waals surface area contributed by atoms with Gasteiger partial charge in [-0.25, -0.2) is 13.1 Å². The Balaban J connectivity index is 2.11. The van der Waals surface area contributed by atoms with Crippen molar-refractivity contribution >= 4 is 10.0 Å². The molecule has 0 saturated carbocycles. The third-order valence-corrected chi connectivity index (χ3v) is 4.03. The number of aromatic nitrogens is 3. The zero-order valence-corrected chi connectivity index (χ0v) is 11.0. The number of rotatable bonds is 4. The molecule has 6 nitrogen and oxygen atoms in total. The fraction of sp³-hybridized carbons (Fsp3) is 0.273. The molecule has 96 valence electrons. The molecule has 18 heavy (non-hydrogen) atoms. The summed E-state index contributed by atoms with van der Waals surface area (Å²) < 4.78 is 26.4. The summed E-state index contributed by atoms with van der Waals surface area (Å²) in [5, 5.41) is 6.30. The van der Waals surface area contributed by atoms with Crippen LogP contribution < -0.4 is 4.72 Å². The van der Waals surface area contributed by atoms with Crippen LogP contribution in [0.15, 0.2) is 29.4 Å². The third-order valence-electron chi connectivity index (χ3n) is 2.51. The van der Waals surface area contributed by atoms with Crippen LogP contribution >= 0.6 is 0 Å². The zero-order chi connectivity index (χ0) is 13.2. The van der Waals surface area contributed by atoms with Crippen molar-refractivity contribution in [3.63, 3.8) is 0 Å². The predicted octanol–water partition coefficient (Wildman–Crippen LogP) is 0.900. The van der Waals surface area contributed by atoms with Gasteiger partial charge in [0.25, 0.3) is 0 Å². The Hall–Kier alpha value is -1.73. The molecule has 0 aliphatic heterocycles. The molecule has 2 aromatic heterocycles. The molecule has 0 radical (unpaired) electrons. The van der Waals surface area contributed by atoms with E-state index >= 15 is 0 Å². The lowest BCUT2D eigenvalue weighted by molar-refractivity contribution is 0.580. The first-order chi connectivity index (χ1) is 8.49. The first-order valence-electron chi connectivity index (χ1n) is 5.40. The molecule has 0 unspecified atom stereocenters. The Morgan fingerprint density at radius 3 is 2.61 bits per heavy atom. The van der Waals surface area contributed by atoms with E-state index in [1.807, 2.05) is 19.1 Å². The molecule has 0 aliphatic rings. The van der Waals surface area contributed by atoms with Crippen molar-refractivity contribution in [3.8, 4) is 0 Å². The number of aryl methyl sites for hydroxylation is 2. The predicted molar refractivity (Wildman–Crippen MR) is 66.3 cm³/mol. The highest BCUT2D eigenvalue weighted by molar-refractivity contribution is 7.89. The van der Waals surface area contributed by atoms with Crippen molar-refractivity contribution in [2.75, 3.05) is 0 Å². The van der Waals surface area contributed by atoms with Crippen LogP contribution in [0.25, 0.3) is 0 Å². The maximum atomic E-state index is 12.0. The fourth-order valence-electron chi connectivity index (χ4n) is 1.47. The van der Waals surface area contributed by atoms with Gasteiger partial charge in [0.2, 0.25) is 10.0 Å². The van der Waals surface area contributed by atoms with Gasteiger partial charge in [0, 0.05) is 18.4 Å². The van der Waals surface area contributed by atoms with Gasteiger partial charge in [0.15, 0.2) is 0 Å². The topological polar surface area (TPSA) is 87.7 Å². The van der Waals surface area contributed by atoms with E-state index in [0.29, 0.717) is 5.69 Å². The second-order valence-electron chi connectivity index (χ2n) is 3.99. The van der Waals surface area contributed by atoms with Crippen molar-refractivity contribution < 1.29 is 8.42 Å². The summed E-state index contributed by atoms with van der Waals surface area (Å²) in [6, 6.07) is 3.68. The van der Waals surface area contributed by atoms with Gasteiger partial charge < -0.3 is 0 Å². The molecule has 0 amide bonds. The number of sulfonamides is 1. The molecule has 7 heteroatoms. The third kappa shape index (κ3) is 2.74. The molecule has 0 aromatic carbocycles. The van der Waals surface area contributed by atoms with Crippen molar-refractivity contribution in [2.24, 2.45) is 0 Å². The van der Waals surface area contributed by atoms with Gasteiger partial charge >= 0.3 is 0 Å². The summed E-state index contributed by atoms with van der Waals surface area (Å²) in [5.41, 5.74) is 2.22. The van der Waals surface area contributed by atoms with Gasteiger partial charge in [-0.2, -0.15) is 5.10 Å². The van der Waals surface area contributed by atoms with Crippen LogP contribution in [0.1, 0.15) is 17.0 Å². The van der Waals surface area contributed by atoms with E-state index in [4.69, 9.17) is 0 Å². The maximum Gasteiger partial charge on any atom is 0.244 e. The standard InChI is InChI=1S/C11H14N4O2S/c1-8-3-4-10(5-12-8)6-14-18(16,17)11-7-13-15-9(11)2/h3-5,7,14H,6H2,1-2H3,(H,13,15). The van der Waals surface area contributed by atoms with Crippen LogP contribution in [-0.4, -0.2) is 23.6 Å². The highest BCUT2D eigenvalue weighted by Crippen LogP contribution is 2.11. The number of aromatic amines is 1. The summed E-state index contributed by atoms with van der Waals surface area (Å²) in [5.74, 6) is 0. The average Bonchev–Trinajstić information content (AvgIpc) is 2.76. The van der Waals surface area contributed by atoms with Crippen molar-refractivity contribution in [1.29, 1.82) is 0 Å². The Bertz CT molecular complexity index is 631. The first kappa shape index (κ1) is 12.7. The Kier molecular flexibility index (Phi) is 3.44. The number of hydrogen-bond donors (Lipinski definition) is 2. The number of nitrogens with zero attached hydrogens (tertiary/aromatic N) is 2. The van der Waals surface area contributed by atoms with Crippen LogP contribution in [0.4, 0.5) is 0 Å². The van der Waals surface area contributed by atoms with Crippen LogP contribution in [0.2, 0.25) is 0 Å². The van der Waals surface area contributed by atoms with E-state index in [9.17, 15) is 8.42 Å². The van der Waals surface area contributed by atoms with Gasteiger partial charge in [0.1, 0.15) is 4.90 Å². The number of pyridine rings is 1. The molecular formula is C11H14N4O2S. The molecule has 0 bridgehead atoms. The second-order valence-corrected chi connectivity index (χ2v) is 5.73. The van der Waals surface area contributed by atoms with Gasteiger partial charge in [-0.05, 0) is 25.5 Å². The quantitative estimate of drug-likeness (QED) is 0.860. The number of H-pyrrole nitrogens is 1. The summed E-state index contributed by atoms with van der Waals surface area (Å²) >= 11 is 0. The van der Waals surface area contributed by atoms with E-state index in [-0.39, 0.29) is 11.4 Å². The lowest BCUT2D eigenvalue weighted by Crippen LogP contribution is -2.23. The van der Waals surface area contributed by atoms with Crippen LogP contribution in [0.3, 0.4) is 0 Å².